The van der Waals surface area contributed by atoms with Crippen molar-refractivity contribution in [2.24, 2.45) is 0 Å². The van der Waals surface area contributed by atoms with Gasteiger partial charge in [-0.3, -0.25) is 0 Å². The highest BCUT2D eigenvalue weighted by Gasteiger charge is 2.26. The second-order valence-corrected chi connectivity index (χ2v) is 8.86. The summed E-state index contributed by atoms with van der Waals surface area (Å²) in [5, 5.41) is -0.109. The van der Waals surface area contributed by atoms with E-state index in [9.17, 15) is 16.8 Å². The zero-order valence-corrected chi connectivity index (χ0v) is 15.9. The van der Waals surface area contributed by atoms with Gasteiger partial charge in [-0.25, -0.2) is 31.5 Å². The van der Waals surface area contributed by atoms with Crippen LogP contribution >= 0.6 is 11.6 Å². The molecule has 0 aliphatic heterocycles. The van der Waals surface area contributed by atoms with Crippen molar-refractivity contribution < 1.29 is 16.8 Å². The van der Waals surface area contributed by atoms with Crippen molar-refractivity contribution in [2.75, 3.05) is 17.8 Å². The molecule has 0 spiro atoms. The van der Waals surface area contributed by atoms with Gasteiger partial charge >= 0.3 is 0 Å². The molecule has 1 N–H and O–H groups in total. The van der Waals surface area contributed by atoms with Gasteiger partial charge in [-0.1, -0.05) is 25.4 Å². The van der Waals surface area contributed by atoms with E-state index in [-0.39, 0.29) is 33.9 Å². The number of aromatic nitrogens is 2. The van der Waals surface area contributed by atoms with E-state index in [0.29, 0.717) is 0 Å². The van der Waals surface area contributed by atoms with E-state index in [0.717, 1.165) is 6.07 Å². The van der Waals surface area contributed by atoms with Crippen molar-refractivity contribution in [3.63, 3.8) is 0 Å². The topological polar surface area (TPSA) is 109 Å². The number of hydrogen-bond donors (Lipinski definition) is 1. The van der Waals surface area contributed by atoms with Crippen LogP contribution in [0.25, 0.3) is 0 Å². The summed E-state index contributed by atoms with van der Waals surface area (Å²) < 4.78 is 53.6. The van der Waals surface area contributed by atoms with Crippen molar-refractivity contribution in [3.8, 4) is 0 Å². The standard InChI is InChI=1S/C14H17ClN4O4S2/c1-3-19(4-2)25(22,23)11-6-7-12(15)13(10-11)24(20,21)18-14-16-8-5-9-17-14/h5-10H,3-4H2,1-2H3,(H,16,17,18). The number of benzene rings is 1. The summed E-state index contributed by atoms with van der Waals surface area (Å²) in [4.78, 5) is 7.02. The van der Waals surface area contributed by atoms with Gasteiger partial charge in [0.05, 0.1) is 9.92 Å². The van der Waals surface area contributed by atoms with Crippen molar-refractivity contribution in [1.82, 2.24) is 14.3 Å². The van der Waals surface area contributed by atoms with Crippen LogP contribution in [-0.4, -0.2) is 44.2 Å². The van der Waals surface area contributed by atoms with Gasteiger partial charge in [-0.05, 0) is 24.3 Å². The Kier molecular flexibility index (Phi) is 5.99. The molecule has 0 bridgehead atoms. The van der Waals surface area contributed by atoms with Gasteiger partial charge in [0.25, 0.3) is 10.0 Å². The molecule has 1 heterocycles. The Morgan fingerprint density at radius 3 is 2.24 bits per heavy atom. The van der Waals surface area contributed by atoms with Crippen molar-refractivity contribution in [3.05, 3.63) is 41.7 Å². The number of anilines is 1. The van der Waals surface area contributed by atoms with E-state index in [1.165, 1.54) is 34.9 Å². The lowest BCUT2D eigenvalue weighted by Gasteiger charge is -2.19. The van der Waals surface area contributed by atoms with E-state index < -0.39 is 20.0 Å². The number of hydrogen-bond acceptors (Lipinski definition) is 6. The first-order valence-electron chi connectivity index (χ1n) is 7.32. The summed E-state index contributed by atoms with van der Waals surface area (Å²) >= 11 is 5.98. The predicted octanol–water partition coefficient (Wildman–Crippen LogP) is 1.96. The van der Waals surface area contributed by atoms with Crippen LogP contribution in [0.3, 0.4) is 0 Å². The van der Waals surface area contributed by atoms with Crippen molar-refractivity contribution in [2.45, 2.75) is 23.6 Å². The molecule has 0 saturated heterocycles. The third-order valence-electron chi connectivity index (χ3n) is 3.33. The number of nitrogens with zero attached hydrogens (tertiary/aromatic N) is 3. The van der Waals surface area contributed by atoms with Crippen LogP contribution in [-0.2, 0) is 20.0 Å². The molecule has 0 aliphatic rings. The number of rotatable bonds is 7. The Balaban J connectivity index is 2.49. The zero-order valence-electron chi connectivity index (χ0n) is 13.5. The second kappa shape index (κ2) is 7.65. The van der Waals surface area contributed by atoms with Gasteiger partial charge in [-0.15, -0.1) is 0 Å². The van der Waals surface area contributed by atoms with Gasteiger partial charge in [0, 0.05) is 25.5 Å². The van der Waals surface area contributed by atoms with Gasteiger partial charge in [0.1, 0.15) is 4.90 Å². The SMILES string of the molecule is CCN(CC)S(=O)(=O)c1ccc(Cl)c(S(=O)(=O)Nc2ncccn2)c1. The van der Waals surface area contributed by atoms with E-state index in [2.05, 4.69) is 14.7 Å². The molecule has 136 valence electrons. The monoisotopic (exact) mass is 404 g/mol. The van der Waals surface area contributed by atoms with Crippen molar-refractivity contribution in [1.29, 1.82) is 0 Å². The fourth-order valence-corrected chi connectivity index (χ4v) is 5.13. The molecule has 1 aromatic carbocycles. The third-order valence-corrected chi connectivity index (χ3v) is 7.18. The molecule has 0 saturated carbocycles. The Morgan fingerprint density at radius 2 is 1.68 bits per heavy atom. The lowest BCUT2D eigenvalue weighted by molar-refractivity contribution is 0.445. The second-order valence-electron chi connectivity index (χ2n) is 4.86. The molecule has 1 aromatic heterocycles. The number of sulfonamides is 2. The minimum atomic E-state index is -4.16. The molecule has 0 amide bonds. The predicted molar refractivity (Wildman–Crippen MR) is 94.4 cm³/mol. The van der Waals surface area contributed by atoms with Gasteiger partial charge in [0.2, 0.25) is 16.0 Å². The van der Waals surface area contributed by atoms with Crippen LogP contribution < -0.4 is 4.72 Å². The fourth-order valence-electron chi connectivity index (χ4n) is 2.09. The molecule has 11 heteroatoms. The van der Waals surface area contributed by atoms with Gasteiger partial charge in [-0.2, -0.15) is 4.31 Å². The number of nitrogens with one attached hydrogen (secondary N) is 1. The molecular weight excluding hydrogens is 388 g/mol. The van der Waals surface area contributed by atoms with E-state index >= 15 is 0 Å². The van der Waals surface area contributed by atoms with Crippen LogP contribution in [0.5, 0.6) is 0 Å². The molecule has 0 atom stereocenters. The molecule has 0 radical (unpaired) electrons. The van der Waals surface area contributed by atoms with E-state index in [1.54, 1.807) is 13.8 Å². The maximum Gasteiger partial charge on any atom is 0.265 e. The Morgan fingerprint density at radius 1 is 1.08 bits per heavy atom. The fraction of sp³-hybridized carbons (Fsp3) is 0.286. The Hall–Kier alpha value is -1.75. The first-order chi connectivity index (χ1) is 11.7. The van der Waals surface area contributed by atoms with Crippen LogP contribution in [0.1, 0.15) is 13.8 Å². The molecule has 25 heavy (non-hydrogen) atoms. The summed E-state index contributed by atoms with van der Waals surface area (Å²) in [7, 11) is -7.98. The normalized spacial score (nSPS) is 12.3. The maximum absolute atomic E-state index is 12.6. The molecular formula is C14H17ClN4O4S2. The third kappa shape index (κ3) is 4.27. The summed E-state index contributed by atoms with van der Waals surface area (Å²) in [6.07, 6.45) is 2.74. The van der Waals surface area contributed by atoms with Gasteiger partial charge in [0.15, 0.2) is 0 Å². The molecule has 2 rings (SSSR count). The highest BCUT2D eigenvalue weighted by molar-refractivity contribution is 7.93. The lowest BCUT2D eigenvalue weighted by atomic mass is 10.4. The molecule has 8 nitrogen and oxygen atoms in total. The number of halogens is 1. The van der Waals surface area contributed by atoms with Crippen LogP contribution in [0, 0.1) is 0 Å². The maximum atomic E-state index is 12.6. The quantitative estimate of drug-likeness (QED) is 0.755. The molecule has 0 aliphatic carbocycles. The average Bonchev–Trinajstić information content (AvgIpc) is 2.56. The zero-order chi connectivity index (χ0) is 18.7. The molecule has 0 fully saturated rings. The van der Waals surface area contributed by atoms with Crippen LogP contribution in [0.4, 0.5) is 5.95 Å². The minimum Gasteiger partial charge on any atom is -0.247 e. The first-order valence-corrected chi connectivity index (χ1v) is 10.6. The highest BCUT2D eigenvalue weighted by Crippen LogP contribution is 2.27. The summed E-state index contributed by atoms with van der Waals surface area (Å²) in [6.45, 7) is 3.92. The van der Waals surface area contributed by atoms with E-state index in [1.807, 2.05) is 0 Å². The van der Waals surface area contributed by atoms with Gasteiger partial charge < -0.3 is 0 Å². The van der Waals surface area contributed by atoms with E-state index in [4.69, 9.17) is 11.6 Å². The average molecular weight is 405 g/mol. The summed E-state index contributed by atoms with van der Waals surface area (Å²) in [5.41, 5.74) is 0. The summed E-state index contributed by atoms with van der Waals surface area (Å²) in [5.74, 6) is -0.143. The highest BCUT2D eigenvalue weighted by atomic mass is 35.5. The largest absolute Gasteiger partial charge is 0.265 e. The lowest BCUT2D eigenvalue weighted by Crippen LogP contribution is -2.30. The minimum absolute atomic E-state index is 0.109. The van der Waals surface area contributed by atoms with Crippen molar-refractivity contribution >= 4 is 37.6 Å². The van der Waals surface area contributed by atoms with Crippen LogP contribution in [0.15, 0.2) is 46.5 Å². The molecule has 0 unspecified atom stereocenters. The van der Waals surface area contributed by atoms with Crippen LogP contribution in [0.2, 0.25) is 5.02 Å². The molecule has 2 aromatic rings. The Bertz CT molecular complexity index is 946. The summed E-state index contributed by atoms with van der Waals surface area (Å²) in [6, 6.07) is 5.07. The smallest absolute Gasteiger partial charge is 0.247 e. The Labute approximate surface area is 152 Å². The first kappa shape index (κ1) is 19.6.